The third kappa shape index (κ3) is 5.71. The molecule has 1 heterocycles. The fourth-order valence-electron chi connectivity index (χ4n) is 6.41. The molecule has 0 saturated heterocycles. The summed E-state index contributed by atoms with van der Waals surface area (Å²) in [5.74, 6) is 1.85. The van der Waals surface area contributed by atoms with E-state index in [2.05, 4.69) is 5.32 Å². The van der Waals surface area contributed by atoms with Crippen molar-refractivity contribution in [2.24, 2.45) is 0 Å². The molecular weight excluding hydrogens is 568 g/mol. The number of para-hydroxylation sites is 2. The van der Waals surface area contributed by atoms with Gasteiger partial charge in [0.1, 0.15) is 5.75 Å². The van der Waals surface area contributed by atoms with Gasteiger partial charge in [-0.05, 0) is 65.4 Å². The highest BCUT2D eigenvalue weighted by molar-refractivity contribution is 6.07. The quantitative estimate of drug-likeness (QED) is 0.235. The van der Waals surface area contributed by atoms with Gasteiger partial charge in [0.05, 0.1) is 52.3 Å². The number of methoxy groups -OCH3 is 4. The van der Waals surface area contributed by atoms with Crippen LogP contribution >= 0.6 is 0 Å². The van der Waals surface area contributed by atoms with Gasteiger partial charge in [0, 0.05) is 17.7 Å². The van der Waals surface area contributed by atoms with Crippen LogP contribution < -0.4 is 29.2 Å². The summed E-state index contributed by atoms with van der Waals surface area (Å²) in [6, 6.07) is 28.1. The van der Waals surface area contributed by atoms with E-state index in [1.807, 2.05) is 91.0 Å². The maximum Gasteiger partial charge on any atom is 0.232 e. The number of carbonyl (C=O) groups excluding carboxylic acids is 2. The average molecular weight is 605 g/mol. The molecule has 1 aliphatic heterocycles. The lowest BCUT2D eigenvalue weighted by molar-refractivity contribution is -0.118. The van der Waals surface area contributed by atoms with Gasteiger partial charge in [-0.3, -0.25) is 14.5 Å². The molecule has 8 nitrogen and oxygen atoms in total. The Hall–Kier alpha value is -5.24. The summed E-state index contributed by atoms with van der Waals surface area (Å²) in [6.07, 6.45) is 1.04. The minimum atomic E-state index is -0.759. The van der Waals surface area contributed by atoms with Crippen molar-refractivity contribution in [2.45, 2.75) is 31.2 Å². The van der Waals surface area contributed by atoms with Crippen molar-refractivity contribution < 1.29 is 28.5 Å². The lowest BCUT2D eigenvalue weighted by Gasteiger charge is -2.35. The van der Waals surface area contributed by atoms with Crippen molar-refractivity contribution in [3.05, 3.63) is 119 Å². The molecule has 1 amide bonds. The van der Waals surface area contributed by atoms with E-state index in [-0.39, 0.29) is 24.0 Å². The fraction of sp³-hybridized carbons (Fsp3) is 0.243. The summed E-state index contributed by atoms with van der Waals surface area (Å²) in [5.41, 5.74) is 5.37. The van der Waals surface area contributed by atoms with E-state index in [4.69, 9.17) is 18.9 Å². The molecular formula is C37H36N2O6. The Morgan fingerprint density at radius 3 is 2.09 bits per heavy atom. The molecule has 2 atom stereocenters. The smallest absolute Gasteiger partial charge is 0.232 e. The third-order valence-electron chi connectivity index (χ3n) is 8.55. The molecule has 0 fully saturated rings. The van der Waals surface area contributed by atoms with Gasteiger partial charge < -0.3 is 24.3 Å². The Labute approximate surface area is 263 Å². The van der Waals surface area contributed by atoms with Gasteiger partial charge in [-0.15, -0.1) is 0 Å². The number of hydrogen-bond acceptors (Lipinski definition) is 7. The Balaban J connectivity index is 1.56. The van der Waals surface area contributed by atoms with E-state index in [0.717, 1.165) is 28.3 Å². The second-order valence-corrected chi connectivity index (χ2v) is 11.1. The van der Waals surface area contributed by atoms with Gasteiger partial charge >= 0.3 is 0 Å². The van der Waals surface area contributed by atoms with Crippen LogP contribution in [0.2, 0.25) is 0 Å². The van der Waals surface area contributed by atoms with E-state index in [1.54, 1.807) is 33.3 Å². The van der Waals surface area contributed by atoms with Gasteiger partial charge in [-0.1, -0.05) is 54.6 Å². The molecule has 4 aromatic carbocycles. The number of carbonyl (C=O) groups is 2. The van der Waals surface area contributed by atoms with Gasteiger partial charge in [-0.25, -0.2) is 0 Å². The van der Waals surface area contributed by atoms with Crippen molar-refractivity contribution in [1.29, 1.82) is 0 Å². The number of rotatable bonds is 8. The topological polar surface area (TPSA) is 86.3 Å². The highest BCUT2D eigenvalue weighted by Crippen LogP contribution is 2.50. The van der Waals surface area contributed by atoms with Crippen molar-refractivity contribution in [2.75, 3.05) is 38.7 Å². The predicted molar refractivity (Wildman–Crippen MR) is 174 cm³/mol. The Morgan fingerprint density at radius 2 is 1.44 bits per heavy atom. The van der Waals surface area contributed by atoms with Crippen LogP contribution in [-0.2, 0) is 16.0 Å². The second kappa shape index (κ2) is 12.8. The number of hydrogen-bond donors (Lipinski definition) is 1. The van der Waals surface area contributed by atoms with E-state index in [0.29, 0.717) is 46.9 Å². The van der Waals surface area contributed by atoms with E-state index < -0.39 is 6.04 Å². The fourth-order valence-corrected chi connectivity index (χ4v) is 6.41. The molecule has 8 heteroatoms. The van der Waals surface area contributed by atoms with Crippen LogP contribution in [0.4, 0.5) is 11.4 Å². The van der Waals surface area contributed by atoms with Gasteiger partial charge in [0.2, 0.25) is 11.7 Å². The molecule has 0 radical (unpaired) electrons. The second-order valence-electron chi connectivity index (χ2n) is 11.1. The number of nitrogens with zero attached hydrogens (tertiary/aromatic N) is 1. The highest BCUT2D eigenvalue weighted by atomic mass is 16.5. The summed E-state index contributed by atoms with van der Waals surface area (Å²) in [4.78, 5) is 30.7. The normalized spacial score (nSPS) is 17.4. The first kappa shape index (κ1) is 29.8. The number of amides is 1. The zero-order chi connectivity index (χ0) is 31.5. The van der Waals surface area contributed by atoms with Crippen LogP contribution in [-0.4, -0.2) is 40.1 Å². The first-order valence-electron chi connectivity index (χ1n) is 14.9. The lowest BCUT2D eigenvalue weighted by atomic mass is 9.78. The van der Waals surface area contributed by atoms with Crippen LogP contribution in [0, 0.1) is 0 Å². The van der Waals surface area contributed by atoms with Crippen molar-refractivity contribution in [3.8, 4) is 23.0 Å². The SMILES string of the molecule is COc1ccc([C@H]2CC(=O)C3=C(C2)Nc2ccccc2N(C(=O)Cc2ccccc2)[C@@H]3c2cc(OC)c(OC)c(OC)c2)cc1. The molecule has 0 unspecified atom stereocenters. The summed E-state index contributed by atoms with van der Waals surface area (Å²) in [7, 11) is 6.29. The molecule has 0 saturated carbocycles. The minimum Gasteiger partial charge on any atom is -0.497 e. The number of benzene rings is 4. The maximum atomic E-state index is 14.5. The Kier molecular flexibility index (Phi) is 8.47. The molecule has 0 aromatic heterocycles. The summed E-state index contributed by atoms with van der Waals surface area (Å²) in [5, 5.41) is 3.60. The first-order valence-corrected chi connectivity index (χ1v) is 14.9. The highest BCUT2D eigenvalue weighted by Gasteiger charge is 2.42. The van der Waals surface area contributed by atoms with Crippen molar-refractivity contribution >= 4 is 23.1 Å². The Morgan fingerprint density at radius 1 is 0.778 bits per heavy atom. The summed E-state index contributed by atoms with van der Waals surface area (Å²) in [6.45, 7) is 0. The van der Waals surface area contributed by atoms with Crippen LogP contribution in [0.15, 0.2) is 102 Å². The molecule has 1 aliphatic carbocycles. The van der Waals surface area contributed by atoms with Crippen LogP contribution in [0.3, 0.4) is 0 Å². The van der Waals surface area contributed by atoms with Gasteiger partial charge in [0.15, 0.2) is 17.3 Å². The zero-order valence-corrected chi connectivity index (χ0v) is 25.8. The molecule has 230 valence electrons. The number of nitrogens with one attached hydrogen (secondary N) is 1. The van der Waals surface area contributed by atoms with E-state index >= 15 is 0 Å². The van der Waals surface area contributed by atoms with Crippen LogP contribution in [0.25, 0.3) is 0 Å². The third-order valence-corrected chi connectivity index (χ3v) is 8.55. The number of ketones is 1. The Bertz CT molecular complexity index is 1720. The number of allylic oxidation sites excluding steroid dienone is 1. The molecule has 0 bridgehead atoms. The summed E-state index contributed by atoms with van der Waals surface area (Å²) >= 11 is 0. The predicted octanol–water partition coefficient (Wildman–Crippen LogP) is 6.86. The molecule has 0 spiro atoms. The molecule has 6 rings (SSSR count). The van der Waals surface area contributed by atoms with E-state index in [1.165, 1.54) is 0 Å². The van der Waals surface area contributed by atoms with E-state index in [9.17, 15) is 9.59 Å². The van der Waals surface area contributed by atoms with Crippen LogP contribution in [0.1, 0.15) is 41.5 Å². The number of ether oxygens (including phenoxy) is 4. The molecule has 4 aromatic rings. The largest absolute Gasteiger partial charge is 0.497 e. The van der Waals surface area contributed by atoms with Gasteiger partial charge in [0.25, 0.3) is 0 Å². The minimum absolute atomic E-state index is 0.0337. The number of anilines is 2. The number of fused-ring (bicyclic) bond motifs is 1. The first-order chi connectivity index (χ1) is 21.9. The molecule has 2 aliphatic rings. The van der Waals surface area contributed by atoms with Crippen molar-refractivity contribution in [1.82, 2.24) is 0 Å². The lowest BCUT2D eigenvalue weighted by Crippen LogP contribution is -2.39. The monoisotopic (exact) mass is 604 g/mol. The number of Topliss-reactive ketones (excluding diaryl/α,β-unsaturated/α-hetero) is 1. The van der Waals surface area contributed by atoms with Gasteiger partial charge in [-0.2, -0.15) is 0 Å². The van der Waals surface area contributed by atoms with Crippen LogP contribution in [0.5, 0.6) is 23.0 Å². The molecule has 45 heavy (non-hydrogen) atoms. The molecule has 1 N–H and O–H groups in total. The average Bonchev–Trinajstić information content (AvgIpc) is 3.22. The standard InChI is InChI=1S/C37H36N2O6/c1-42-27-16-14-24(15-17-27)25-19-29-35(31(40)20-25)36(26-21-32(43-2)37(45-4)33(22-26)44-3)39(30-13-9-8-12-28(30)38-29)34(41)18-23-10-6-5-7-11-23/h5-17,21-22,25,36,38H,18-20H2,1-4H3/t25-,36-/m1/s1. The van der Waals surface area contributed by atoms with Crippen molar-refractivity contribution in [3.63, 3.8) is 0 Å². The summed E-state index contributed by atoms with van der Waals surface area (Å²) < 4.78 is 22.4. The maximum absolute atomic E-state index is 14.5. The zero-order valence-electron chi connectivity index (χ0n) is 25.8.